The van der Waals surface area contributed by atoms with Crippen LogP contribution in [0, 0.1) is 5.41 Å². The number of ether oxygens (including phenoxy) is 1. The van der Waals surface area contributed by atoms with Gasteiger partial charge in [0.1, 0.15) is 5.70 Å². The molecule has 0 amide bonds. The van der Waals surface area contributed by atoms with Gasteiger partial charge in [-0.05, 0) is 0 Å². The zero-order valence-corrected chi connectivity index (χ0v) is 10.2. The molecule has 1 aliphatic rings. The van der Waals surface area contributed by atoms with Gasteiger partial charge in [0.05, 0.1) is 0 Å². The Balaban J connectivity index is 0.00000144. The van der Waals surface area contributed by atoms with Crippen LogP contribution >= 0.6 is 0 Å². The zero-order valence-electron chi connectivity index (χ0n) is 8.25. The molecule has 0 N–H and O–H groups in total. The van der Waals surface area contributed by atoms with Crippen LogP contribution in [0.4, 0.5) is 0 Å². The third kappa shape index (κ3) is 2.83. The summed E-state index contributed by atoms with van der Waals surface area (Å²) in [7, 11) is 0. The molecule has 0 saturated heterocycles. The molecule has 0 radical (unpaired) electrons. The molecule has 0 aliphatic carbocycles. The molecule has 0 saturated carbocycles. The van der Waals surface area contributed by atoms with E-state index >= 15 is 0 Å². The molecule has 1 heterocycles. The Labute approximate surface area is 99.0 Å². The van der Waals surface area contributed by atoms with E-state index in [9.17, 15) is 9.90 Å². The molecule has 0 unspecified atom stereocenters. The fourth-order valence-electron chi connectivity index (χ4n) is 0.713. The summed E-state index contributed by atoms with van der Waals surface area (Å²) in [5.74, 6) is -0.357. The number of hydrogen-bond donors (Lipinski definition) is 0. The van der Waals surface area contributed by atoms with Crippen LogP contribution in [0.15, 0.2) is 17.0 Å². The van der Waals surface area contributed by atoms with Crippen molar-refractivity contribution in [2.75, 3.05) is 0 Å². The van der Waals surface area contributed by atoms with E-state index in [2.05, 4.69) is 4.99 Å². The predicted molar refractivity (Wildman–Crippen MR) is 41.1 cm³/mol. The molecule has 66 valence electrons. The van der Waals surface area contributed by atoms with Crippen LogP contribution in [0.1, 0.15) is 20.8 Å². The Hall–Kier alpha value is -0.320. The third-order valence-corrected chi connectivity index (χ3v) is 1.37. The van der Waals surface area contributed by atoms with Crippen LogP contribution in [0.25, 0.3) is 0 Å². The van der Waals surface area contributed by atoms with Gasteiger partial charge < -0.3 is 9.84 Å². The number of nitrogens with zero attached hydrogens (tertiary/aromatic N) is 1. The zero-order chi connectivity index (χ0) is 9.35. The number of carbonyl (C=O) groups is 1. The molecule has 4 nitrogen and oxygen atoms in total. The van der Waals surface area contributed by atoms with E-state index in [1.807, 2.05) is 20.8 Å². The summed E-state index contributed by atoms with van der Waals surface area (Å²) in [6.07, 6.45) is 0.404. The van der Waals surface area contributed by atoms with Gasteiger partial charge in [0, 0.05) is 5.41 Å². The molecule has 0 fully saturated rings. The van der Waals surface area contributed by atoms with Crippen molar-refractivity contribution in [2.45, 2.75) is 20.8 Å². The van der Waals surface area contributed by atoms with Crippen molar-refractivity contribution in [1.82, 2.24) is 0 Å². The van der Waals surface area contributed by atoms with Crippen molar-refractivity contribution in [3.05, 3.63) is 12.0 Å². The minimum absolute atomic E-state index is 0. The normalized spacial score (nSPS) is 19.5. The fourth-order valence-corrected chi connectivity index (χ4v) is 0.713. The minimum Gasteiger partial charge on any atom is -0.876 e. The molecule has 0 aromatic rings. The van der Waals surface area contributed by atoms with Gasteiger partial charge >= 0.3 is 35.5 Å². The summed E-state index contributed by atoms with van der Waals surface area (Å²) >= 11 is 0. The van der Waals surface area contributed by atoms with Crippen molar-refractivity contribution in [3.8, 4) is 0 Å². The van der Waals surface area contributed by atoms with Crippen molar-refractivity contribution in [2.24, 2.45) is 10.4 Å². The summed E-state index contributed by atoms with van der Waals surface area (Å²) < 4.78 is 4.77. The molecule has 0 aromatic heterocycles. The van der Waals surface area contributed by atoms with Crippen molar-refractivity contribution < 1.29 is 44.2 Å². The minimum atomic E-state index is -0.657. The Bertz CT molecular complexity index is 276. The predicted octanol–water partition coefficient (Wildman–Crippen LogP) is -2.81. The molecule has 0 aromatic carbocycles. The van der Waals surface area contributed by atoms with Gasteiger partial charge in [-0.1, -0.05) is 20.8 Å². The van der Waals surface area contributed by atoms with Crippen molar-refractivity contribution in [1.29, 1.82) is 0 Å². The van der Waals surface area contributed by atoms with Crippen LogP contribution in [0.5, 0.6) is 0 Å². The molecule has 1 aliphatic heterocycles. The quantitative estimate of drug-likeness (QED) is 0.180. The maximum absolute atomic E-state index is 10.9. The molecular weight excluding hydrogens is 181 g/mol. The topological polar surface area (TPSA) is 61.7 Å². The molecular formula is C8H10NNaO3. The maximum atomic E-state index is 10.9. The number of aliphatic imine (C=N–C) groups is 1. The van der Waals surface area contributed by atoms with Crippen LogP contribution in [0.3, 0.4) is 0 Å². The van der Waals surface area contributed by atoms with Gasteiger partial charge in [0.25, 0.3) is 0 Å². The second-order valence-electron chi connectivity index (χ2n) is 3.56. The van der Waals surface area contributed by atoms with Gasteiger partial charge in [-0.2, -0.15) is 0 Å². The first-order chi connectivity index (χ1) is 5.45. The summed E-state index contributed by atoms with van der Waals surface area (Å²) in [6.45, 7) is 5.56. The van der Waals surface area contributed by atoms with Gasteiger partial charge in [-0.3, -0.25) is 0 Å². The van der Waals surface area contributed by atoms with E-state index in [4.69, 9.17) is 4.74 Å². The van der Waals surface area contributed by atoms with Gasteiger partial charge in [0.2, 0.25) is 5.90 Å². The maximum Gasteiger partial charge on any atom is 1.00 e. The van der Waals surface area contributed by atoms with Crippen molar-refractivity contribution in [3.63, 3.8) is 0 Å². The van der Waals surface area contributed by atoms with E-state index in [-0.39, 0.29) is 40.7 Å². The first-order valence-electron chi connectivity index (χ1n) is 3.58. The average Bonchev–Trinajstić information content (AvgIpc) is 2.29. The summed E-state index contributed by atoms with van der Waals surface area (Å²) in [4.78, 5) is 14.6. The number of esters is 1. The standard InChI is InChI=1S/C8H11NO3.Na/c1-8(2,3)7-9-5(4-10)6(11)12-7;/h4,10H,1-3H3;/q;+1/p-1/b5-4+;. The number of hydrogen-bond acceptors (Lipinski definition) is 4. The van der Waals surface area contributed by atoms with Crippen LogP contribution in [-0.4, -0.2) is 11.9 Å². The smallest absolute Gasteiger partial charge is 0.876 e. The Morgan fingerprint density at radius 3 is 2.23 bits per heavy atom. The average molecular weight is 191 g/mol. The number of carbonyl (C=O) groups excluding carboxylic acids is 1. The van der Waals surface area contributed by atoms with E-state index < -0.39 is 5.97 Å². The first-order valence-corrected chi connectivity index (χ1v) is 3.58. The van der Waals surface area contributed by atoms with E-state index in [1.165, 1.54) is 0 Å². The molecule has 0 atom stereocenters. The van der Waals surface area contributed by atoms with Crippen molar-refractivity contribution >= 4 is 11.9 Å². The van der Waals surface area contributed by atoms with Crippen LogP contribution in [0.2, 0.25) is 0 Å². The summed E-state index contributed by atoms with van der Waals surface area (Å²) in [6, 6.07) is 0. The Morgan fingerprint density at radius 2 is 2.00 bits per heavy atom. The number of cyclic esters (lactones) is 1. The van der Waals surface area contributed by atoms with E-state index in [1.54, 1.807) is 0 Å². The molecule has 13 heavy (non-hydrogen) atoms. The van der Waals surface area contributed by atoms with Gasteiger partial charge in [0.15, 0.2) is 0 Å². The molecule has 0 bridgehead atoms. The fraction of sp³-hybridized carbons (Fsp3) is 0.500. The Morgan fingerprint density at radius 1 is 1.46 bits per heavy atom. The van der Waals surface area contributed by atoms with E-state index in [0.717, 1.165) is 0 Å². The van der Waals surface area contributed by atoms with E-state index in [0.29, 0.717) is 12.2 Å². The molecule has 5 heteroatoms. The number of rotatable bonds is 0. The second-order valence-corrected chi connectivity index (χ2v) is 3.56. The summed E-state index contributed by atoms with van der Waals surface area (Å²) in [5.41, 5.74) is -0.486. The monoisotopic (exact) mass is 191 g/mol. The molecule has 0 spiro atoms. The SMILES string of the molecule is CC(C)(C)C1=N/C(=C/[O-])C(=O)O1.[Na+]. The Kier molecular flexibility index (Phi) is 4.16. The van der Waals surface area contributed by atoms with Gasteiger partial charge in [-0.15, -0.1) is 6.26 Å². The van der Waals surface area contributed by atoms with Gasteiger partial charge in [-0.25, -0.2) is 9.79 Å². The third-order valence-electron chi connectivity index (χ3n) is 1.37. The first kappa shape index (κ1) is 12.7. The van der Waals surface area contributed by atoms with Crippen LogP contribution < -0.4 is 34.7 Å². The largest absolute Gasteiger partial charge is 1.00 e. The molecule has 1 rings (SSSR count). The second kappa shape index (κ2) is 4.26. The van der Waals surface area contributed by atoms with Crippen LogP contribution in [-0.2, 0) is 9.53 Å². The summed E-state index contributed by atoms with van der Waals surface area (Å²) in [5, 5.41) is 10.2.